The van der Waals surface area contributed by atoms with E-state index in [2.05, 4.69) is 38.1 Å². The smallest absolute Gasteiger partial charge is 0.135 e. The highest BCUT2D eigenvalue weighted by Crippen LogP contribution is 2.37. The monoisotopic (exact) mass is 402 g/mol. The van der Waals surface area contributed by atoms with E-state index in [0.717, 1.165) is 55.6 Å². The lowest BCUT2D eigenvalue weighted by molar-refractivity contribution is 0.668. The maximum atomic E-state index is 6.15. The van der Waals surface area contributed by atoms with Crippen LogP contribution in [0.5, 0.6) is 0 Å². The number of hydrogen-bond donors (Lipinski definition) is 0. The molecule has 4 aromatic carbocycles. The second-order valence-electron chi connectivity index (χ2n) is 7.71. The number of benzene rings is 4. The van der Waals surface area contributed by atoms with E-state index in [1.54, 1.807) is 0 Å². The fourth-order valence-corrected chi connectivity index (χ4v) is 3.69. The first-order valence-electron chi connectivity index (χ1n) is 10.3. The van der Waals surface area contributed by atoms with Crippen molar-refractivity contribution in [3.05, 3.63) is 107 Å². The zero-order valence-electron chi connectivity index (χ0n) is 17.5. The molecule has 5 aromatic rings. The lowest BCUT2D eigenvalue weighted by atomic mass is 10.1. The number of rotatable bonds is 4. The van der Waals surface area contributed by atoms with Crippen LogP contribution in [0.25, 0.3) is 21.9 Å². The van der Waals surface area contributed by atoms with Gasteiger partial charge in [-0.25, -0.2) is 0 Å². The van der Waals surface area contributed by atoms with Crippen molar-refractivity contribution in [1.82, 2.24) is 0 Å². The molecule has 0 aliphatic heterocycles. The van der Waals surface area contributed by atoms with E-state index in [1.807, 2.05) is 73.1 Å². The number of fused-ring (bicyclic) bond motifs is 3. The van der Waals surface area contributed by atoms with Crippen LogP contribution in [0.3, 0.4) is 0 Å². The summed E-state index contributed by atoms with van der Waals surface area (Å²) in [5.74, 6) is 0. The summed E-state index contributed by atoms with van der Waals surface area (Å²) in [5, 5.41) is 2.11. The Kier molecular flexibility index (Phi) is 4.93. The van der Waals surface area contributed by atoms with Gasteiger partial charge in [0.25, 0.3) is 0 Å². The maximum absolute atomic E-state index is 6.15. The number of aliphatic imine (C=N–C) groups is 2. The Morgan fingerprint density at radius 1 is 0.581 bits per heavy atom. The molecule has 0 bridgehead atoms. The van der Waals surface area contributed by atoms with E-state index in [1.165, 1.54) is 0 Å². The van der Waals surface area contributed by atoms with E-state index in [9.17, 15) is 0 Å². The summed E-state index contributed by atoms with van der Waals surface area (Å²) in [7, 11) is 0. The lowest BCUT2D eigenvalue weighted by Crippen LogP contribution is -1.81. The highest BCUT2D eigenvalue weighted by Gasteiger charge is 2.12. The van der Waals surface area contributed by atoms with Gasteiger partial charge in [0.2, 0.25) is 0 Å². The number of hydrogen-bond acceptors (Lipinski definition) is 3. The SMILES string of the molecule is Cc1cc2oc3cc(C)c(/N=C/c4ccccc4)cc3c2cc1/N=C/c1ccccc1. The van der Waals surface area contributed by atoms with Gasteiger partial charge in [0.05, 0.1) is 11.4 Å². The third-order valence-corrected chi connectivity index (χ3v) is 5.41. The van der Waals surface area contributed by atoms with E-state index in [0.29, 0.717) is 0 Å². The standard InChI is InChI=1S/C28H22N2O/c1-19-13-27-23(15-25(19)29-17-21-9-5-3-6-10-21)24-16-26(20(2)14-28(24)31-27)30-18-22-11-7-4-8-12-22/h3-18H,1-2H3/b29-17+,30-18+. The fourth-order valence-electron chi connectivity index (χ4n) is 3.69. The summed E-state index contributed by atoms with van der Waals surface area (Å²) < 4.78 is 6.15. The zero-order valence-corrected chi connectivity index (χ0v) is 17.5. The molecule has 0 aliphatic rings. The van der Waals surface area contributed by atoms with Crippen molar-refractivity contribution in [1.29, 1.82) is 0 Å². The van der Waals surface area contributed by atoms with E-state index < -0.39 is 0 Å². The predicted molar refractivity (Wildman–Crippen MR) is 131 cm³/mol. The quantitative estimate of drug-likeness (QED) is 0.284. The third-order valence-electron chi connectivity index (χ3n) is 5.41. The van der Waals surface area contributed by atoms with Crippen LogP contribution < -0.4 is 0 Å². The van der Waals surface area contributed by atoms with Crippen molar-refractivity contribution in [2.45, 2.75) is 13.8 Å². The molecule has 0 atom stereocenters. The first-order chi connectivity index (χ1) is 15.2. The van der Waals surface area contributed by atoms with Crippen LogP contribution in [0.1, 0.15) is 22.3 Å². The molecule has 150 valence electrons. The molecular weight excluding hydrogens is 380 g/mol. The summed E-state index contributed by atoms with van der Waals surface area (Å²) in [6.07, 6.45) is 3.80. The van der Waals surface area contributed by atoms with E-state index >= 15 is 0 Å². The van der Waals surface area contributed by atoms with Gasteiger partial charge < -0.3 is 4.42 Å². The van der Waals surface area contributed by atoms with Crippen LogP contribution in [-0.2, 0) is 0 Å². The Bertz CT molecular complexity index is 1320. The van der Waals surface area contributed by atoms with Crippen LogP contribution in [0.15, 0.2) is 99.3 Å². The largest absolute Gasteiger partial charge is 0.456 e. The van der Waals surface area contributed by atoms with E-state index in [-0.39, 0.29) is 0 Å². The molecule has 0 saturated heterocycles. The second-order valence-corrected chi connectivity index (χ2v) is 7.71. The Morgan fingerprint density at radius 2 is 1.00 bits per heavy atom. The minimum absolute atomic E-state index is 0.870. The van der Waals surface area contributed by atoms with Crippen LogP contribution in [0.4, 0.5) is 11.4 Å². The average molecular weight is 402 g/mol. The molecule has 0 radical (unpaired) electrons. The molecule has 5 rings (SSSR count). The van der Waals surface area contributed by atoms with Gasteiger partial charge in [-0.15, -0.1) is 0 Å². The molecule has 3 heteroatoms. The number of aryl methyl sites for hydroxylation is 2. The molecule has 1 heterocycles. The molecule has 0 N–H and O–H groups in total. The number of nitrogens with zero attached hydrogens (tertiary/aromatic N) is 2. The molecule has 0 amide bonds. The minimum Gasteiger partial charge on any atom is -0.456 e. The topological polar surface area (TPSA) is 37.9 Å². The third kappa shape index (κ3) is 3.90. The molecule has 0 fully saturated rings. The van der Waals surface area contributed by atoms with Gasteiger partial charge in [-0.3, -0.25) is 9.98 Å². The summed E-state index contributed by atoms with van der Waals surface area (Å²) in [5.41, 5.74) is 7.93. The van der Waals surface area contributed by atoms with Crippen molar-refractivity contribution in [3.63, 3.8) is 0 Å². The van der Waals surface area contributed by atoms with Gasteiger partial charge in [0.15, 0.2) is 0 Å². The van der Waals surface area contributed by atoms with Crippen molar-refractivity contribution >= 4 is 45.7 Å². The highest BCUT2D eigenvalue weighted by molar-refractivity contribution is 6.08. The molecule has 31 heavy (non-hydrogen) atoms. The lowest BCUT2D eigenvalue weighted by Gasteiger charge is -2.02. The molecular formula is C28H22N2O. The fraction of sp³-hybridized carbons (Fsp3) is 0.0714. The number of furan rings is 1. The average Bonchev–Trinajstić information content (AvgIpc) is 3.13. The van der Waals surface area contributed by atoms with Crippen LogP contribution >= 0.6 is 0 Å². The zero-order chi connectivity index (χ0) is 21.2. The summed E-state index contributed by atoms with van der Waals surface area (Å²) in [4.78, 5) is 9.46. The highest BCUT2D eigenvalue weighted by atomic mass is 16.3. The molecule has 3 nitrogen and oxygen atoms in total. The summed E-state index contributed by atoms with van der Waals surface area (Å²) in [6.45, 7) is 4.12. The van der Waals surface area contributed by atoms with E-state index in [4.69, 9.17) is 14.4 Å². The van der Waals surface area contributed by atoms with Crippen LogP contribution in [-0.4, -0.2) is 12.4 Å². The second kappa shape index (κ2) is 8.04. The van der Waals surface area contributed by atoms with Crippen LogP contribution in [0.2, 0.25) is 0 Å². The van der Waals surface area contributed by atoms with Crippen molar-refractivity contribution in [3.8, 4) is 0 Å². The Balaban J connectivity index is 1.58. The van der Waals surface area contributed by atoms with Gasteiger partial charge >= 0.3 is 0 Å². The van der Waals surface area contributed by atoms with Crippen molar-refractivity contribution in [2.24, 2.45) is 9.98 Å². The summed E-state index contributed by atoms with van der Waals surface area (Å²) >= 11 is 0. The molecule has 0 unspecified atom stereocenters. The minimum atomic E-state index is 0.870. The Morgan fingerprint density at radius 3 is 1.42 bits per heavy atom. The normalized spacial score (nSPS) is 11.9. The first kappa shape index (κ1) is 19.0. The van der Waals surface area contributed by atoms with Gasteiger partial charge in [-0.2, -0.15) is 0 Å². The molecule has 0 aliphatic carbocycles. The van der Waals surface area contributed by atoms with Crippen LogP contribution in [0, 0.1) is 13.8 Å². The maximum Gasteiger partial charge on any atom is 0.135 e. The molecule has 0 spiro atoms. The van der Waals surface area contributed by atoms with Gasteiger partial charge in [0, 0.05) is 23.2 Å². The summed E-state index contributed by atoms with van der Waals surface area (Å²) in [6, 6.07) is 28.6. The molecule has 0 saturated carbocycles. The first-order valence-corrected chi connectivity index (χ1v) is 10.3. The van der Waals surface area contributed by atoms with Gasteiger partial charge in [-0.1, -0.05) is 60.7 Å². The molecule has 1 aromatic heterocycles. The van der Waals surface area contributed by atoms with Crippen molar-refractivity contribution in [2.75, 3.05) is 0 Å². The van der Waals surface area contributed by atoms with Gasteiger partial charge in [0.1, 0.15) is 11.2 Å². The van der Waals surface area contributed by atoms with Crippen molar-refractivity contribution < 1.29 is 4.42 Å². The predicted octanol–water partition coefficient (Wildman–Crippen LogP) is 7.70. The Hall–Kier alpha value is -3.98. The Labute approximate surface area is 181 Å². The van der Waals surface area contributed by atoms with Gasteiger partial charge in [-0.05, 0) is 60.4 Å².